The standard InChI is InChI=1S/C10H12N4S/c1-14(2)9-12-10(15-13-9)11-8-6-4-3-5-7-8/h3-7H,1-2H3,(H,11,12,13). The minimum absolute atomic E-state index is 0.735. The molecule has 0 fully saturated rings. The molecule has 15 heavy (non-hydrogen) atoms. The van der Waals surface area contributed by atoms with E-state index >= 15 is 0 Å². The second-order valence-electron chi connectivity index (χ2n) is 3.28. The van der Waals surface area contributed by atoms with Gasteiger partial charge in [-0.05, 0) is 12.1 Å². The van der Waals surface area contributed by atoms with Crippen molar-refractivity contribution in [3.05, 3.63) is 30.3 Å². The zero-order valence-corrected chi connectivity index (χ0v) is 9.45. The van der Waals surface area contributed by atoms with Gasteiger partial charge in [-0.2, -0.15) is 9.36 Å². The molecule has 2 aromatic rings. The Morgan fingerprint density at radius 2 is 1.93 bits per heavy atom. The third-order valence-corrected chi connectivity index (χ3v) is 2.46. The molecule has 1 heterocycles. The topological polar surface area (TPSA) is 41.1 Å². The maximum atomic E-state index is 4.33. The predicted molar refractivity (Wildman–Crippen MR) is 64.0 cm³/mol. The number of anilines is 3. The van der Waals surface area contributed by atoms with Crippen molar-refractivity contribution in [2.24, 2.45) is 0 Å². The Bertz CT molecular complexity index is 424. The van der Waals surface area contributed by atoms with Gasteiger partial charge in [-0.3, -0.25) is 0 Å². The summed E-state index contributed by atoms with van der Waals surface area (Å²) in [6, 6.07) is 9.94. The summed E-state index contributed by atoms with van der Waals surface area (Å²) in [4.78, 5) is 6.21. The average Bonchev–Trinajstić information content (AvgIpc) is 2.68. The highest BCUT2D eigenvalue weighted by Crippen LogP contribution is 2.20. The molecule has 0 amide bonds. The van der Waals surface area contributed by atoms with Crippen LogP contribution in [0.15, 0.2) is 30.3 Å². The van der Waals surface area contributed by atoms with Gasteiger partial charge in [0.05, 0.1) is 0 Å². The van der Waals surface area contributed by atoms with Gasteiger partial charge in [-0.1, -0.05) is 18.2 Å². The first-order chi connectivity index (χ1) is 7.25. The zero-order valence-electron chi connectivity index (χ0n) is 8.64. The lowest BCUT2D eigenvalue weighted by Crippen LogP contribution is -2.10. The second kappa shape index (κ2) is 4.27. The zero-order chi connectivity index (χ0) is 10.7. The first-order valence-corrected chi connectivity index (χ1v) is 5.36. The Hall–Kier alpha value is -1.62. The highest BCUT2D eigenvalue weighted by molar-refractivity contribution is 7.10. The van der Waals surface area contributed by atoms with Gasteiger partial charge in [0.1, 0.15) is 0 Å². The third kappa shape index (κ3) is 2.44. The van der Waals surface area contributed by atoms with Gasteiger partial charge in [-0.15, -0.1) is 0 Å². The molecule has 2 rings (SSSR count). The Labute approximate surface area is 92.7 Å². The number of nitrogens with one attached hydrogen (secondary N) is 1. The molecular formula is C10H12N4S. The molecule has 1 aromatic carbocycles. The Morgan fingerprint density at radius 1 is 1.20 bits per heavy atom. The first-order valence-electron chi connectivity index (χ1n) is 4.59. The number of hydrogen-bond donors (Lipinski definition) is 1. The van der Waals surface area contributed by atoms with Crippen molar-refractivity contribution in [1.29, 1.82) is 0 Å². The Morgan fingerprint density at radius 3 is 2.53 bits per heavy atom. The summed E-state index contributed by atoms with van der Waals surface area (Å²) in [7, 11) is 3.85. The van der Waals surface area contributed by atoms with Crippen LogP contribution in [-0.2, 0) is 0 Å². The van der Waals surface area contributed by atoms with Crippen LogP contribution < -0.4 is 10.2 Å². The molecular weight excluding hydrogens is 208 g/mol. The molecule has 0 aliphatic heterocycles. The van der Waals surface area contributed by atoms with Crippen LogP contribution in [0.25, 0.3) is 0 Å². The van der Waals surface area contributed by atoms with Gasteiger partial charge in [0, 0.05) is 31.3 Å². The fraction of sp³-hybridized carbons (Fsp3) is 0.200. The summed E-state index contributed by atoms with van der Waals surface area (Å²) in [6.45, 7) is 0. The summed E-state index contributed by atoms with van der Waals surface area (Å²) in [5, 5.41) is 4.01. The van der Waals surface area contributed by atoms with E-state index < -0.39 is 0 Å². The molecule has 5 heteroatoms. The van der Waals surface area contributed by atoms with Crippen molar-refractivity contribution in [1.82, 2.24) is 9.36 Å². The van der Waals surface area contributed by atoms with Crippen LogP contribution >= 0.6 is 11.5 Å². The minimum Gasteiger partial charge on any atom is -0.346 e. The van der Waals surface area contributed by atoms with Crippen molar-refractivity contribution in [2.45, 2.75) is 0 Å². The number of benzene rings is 1. The normalized spacial score (nSPS) is 10.0. The highest BCUT2D eigenvalue weighted by Gasteiger charge is 2.04. The summed E-state index contributed by atoms with van der Waals surface area (Å²) in [5.41, 5.74) is 1.03. The van der Waals surface area contributed by atoms with E-state index in [-0.39, 0.29) is 0 Å². The fourth-order valence-corrected chi connectivity index (χ4v) is 1.75. The van der Waals surface area contributed by atoms with Crippen LogP contribution in [0.4, 0.5) is 16.8 Å². The lowest BCUT2D eigenvalue weighted by molar-refractivity contribution is 1.05. The van der Waals surface area contributed by atoms with E-state index in [1.807, 2.05) is 49.3 Å². The summed E-state index contributed by atoms with van der Waals surface area (Å²) in [6.07, 6.45) is 0. The molecule has 4 nitrogen and oxygen atoms in total. The number of rotatable bonds is 3. The number of aromatic nitrogens is 2. The number of nitrogens with zero attached hydrogens (tertiary/aromatic N) is 3. The van der Waals surface area contributed by atoms with Crippen molar-refractivity contribution >= 4 is 28.3 Å². The maximum Gasteiger partial charge on any atom is 0.238 e. The highest BCUT2D eigenvalue weighted by atomic mass is 32.1. The van der Waals surface area contributed by atoms with Crippen LogP contribution in [0, 0.1) is 0 Å². The van der Waals surface area contributed by atoms with Gasteiger partial charge in [-0.25, -0.2) is 0 Å². The van der Waals surface area contributed by atoms with Gasteiger partial charge in [0.25, 0.3) is 0 Å². The maximum absolute atomic E-state index is 4.33. The smallest absolute Gasteiger partial charge is 0.238 e. The second-order valence-corrected chi connectivity index (χ2v) is 4.04. The molecule has 0 saturated carbocycles. The molecule has 1 N–H and O–H groups in total. The molecule has 0 aliphatic carbocycles. The quantitative estimate of drug-likeness (QED) is 0.862. The molecule has 1 aromatic heterocycles. The van der Waals surface area contributed by atoms with E-state index in [1.54, 1.807) is 0 Å². The van der Waals surface area contributed by atoms with Crippen molar-refractivity contribution < 1.29 is 0 Å². The minimum atomic E-state index is 0.735. The molecule has 0 radical (unpaired) electrons. The molecule has 0 bridgehead atoms. The number of para-hydroxylation sites is 1. The molecule has 0 spiro atoms. The van der Waals surface area contributed by atoms with Gasteiger partial charge >= 0.3 is 0 Å². The first kappa shape index (κ1) is 9.92. The molecule has 0 aliphatic rings. The summed E-state index contributed by atoms with van der Waals surface area (Å²) in [5.74, 6) is 0.735. The van der Waals surface area contributed by atoms with Crippen LogP contribution in [0.3, 0.4) is 0 Å². The van der Waals surface area contributed by atoms with Gasteiger partial charge in [0.15, 0.2) is 0 Å². The van der Waals surface area contributed by atoms with Crippen molar-refractivity contribution in [3.63, 3.8) is 0 Å². The van der Waals surface area contributed by atoms with Gasteiger partial charge < -0.3 is 10.2 Å². The Balaban J connectivity index is 2.12. The van der Waals surface area contributed by atoms with Crippen molar-refractivity contribution in [2.75, 3.05) is 24.3 Å². The lowest BCUT2D eigenvalue weighted by atomic mass is 10.3. The fourth-order valence-electron chi connectivity index (χ4n) is 1.09. The van der Waals surface area contributed by atoms with Crippen molar-refractivity contribution in [3.8, 4) is 0 Å². The van der Waals surface area contributed by atoms with E-state index in [4.69, 9.17) is 0 Å². The average molecular weight is 220 g/mol. The van der Waals surface area contributed by atoms with Crippen LogP contribution in [0.5, 0.6) is 0 Å². The molecule has 0 unspecified atom stereocenters. The predicted octanol–water partition coefficient (Wildman–Crippen LogP) is 2.35. The number of hydrogen-bond acceptors (Lipinski definition) is 5. The third-order valence-electron chi connectivity index (χ3n) is 1.84. The molecule has 0 atom stereocenters. The SMILES string of the molecule is CN(C)c1nsc(Nc2ccccc2)n1. The van der Waals surface area contributed by atoms with Crippen LogP contribution in [0.2, 0.25) is 0 Å². The van der Waals surface area contributed by atoms with E-state index in [9.17, 15) is 0 Å². The van der Waals surface area contributed by atoms with Crippen LogP contribution in [0.1, 0.15) is 0 Å². The summed E-state index contributed by atoms with van der Waals surface area (Å²) >= 11 is 1.36. The molecule has 0 saturated heterocycles. The van der Waals surface area contributed by atoms with E-state index in [0.717, 1.165) is 16.8 Å². The summed E-state index contributed by atoms with van der Waals surface area (Å²) < 4.78 is 4.21. The Kier molecular flexibility index (Phi) is 2.82. The lowest BCUT2D eigenvalue weighted by Gasteiger charge is -2.04. The van der Waals surface area contributed by atoms with E-state index in [2.05, 4.69) is 14.7 Å². The van der Waals surface area contributed by atoms with Crippen LogP contribution in [-0.4, -0.2) is 23.5 Å². The van der Waals surface area contributed by atoms with E-state index in [0.29, 0.717) is 0 Å². The van der Waals surface area contributed by atoms with Gasteiger partial charge in [0.2, 0.25) is 11.1 Å². The molecule has 78 valence electrons. The van der Waals surface area contributed by atoms with E-state index in [1.165, 1.54) is 11.5 Å². The monoisotopic (exact) mass is 220 g/mol. The largest absolute Gasteiger partial charge is 0.346 e.